The highest BCUT2D eigenvalue weighted by atomic mass is 16.5. The van der Waals surface area contributed by atoms with Crippen LogP contribution < -0.4 is 4.74 Å². The van der Waals surface area contributed by atoms with Crippen molar-refractivity contribution >= 4 is 0 Å². The van der Waals surface area contributed by atoms with E-state index in [-0.39, 0.29) is 0 Å². The summed E-state index contributed by atoms with van der Waals surface area (Å²) in [7, 11) is 0. The summed E-state index contributed by atoms with van der Waals surface area (Å²) in [5.74, 6) is 1.21. The lowest BCUT2D eigenvalue weighted by molar-refractivity contribution is 0.339. The van der Waals surface area contributed by atoms with Crippen molar-refractivity contribution in [1.29, 1.82) is 0 Å². The molecular formula is C18H22O2. The second-order valence-corrected chi connectivity index (χ2v) is 4.88. The Bertz CT molecular complexity index is 547. The summed E-state index contributed by atoms with van der Waals surface area (Å²) in [5.41, 5.74) is 2.84. The predicted octanol–water partition coefficient (Wildman–Crippen LogP) is 4.80. The number of aryl methyl sites for hydroxylation is 1. The lowest BCUT2D eigenvalue weighted by Gasteiger charge is -2.13. The van der Waals surface area contributed by atoms with Crippen LogP contribution >= 0.6 is 0 Å². The number of benzene rings is 2. The molecule has 0 fully saturated rings. The maximum atomic E-state index is 10.5. The van der Waals surface area contributed by atoms with E-state index in [0.717, 1.165) is 41.7 Å². The lowest BCUT2D eigenvalue weighted by atomic mass is 9.98. The molecular weight excluding hydrogens is 248 g/mol. The largest absolute Gasteiger partial charge is 0.507 e. The summed E-state index contributed by atoms with van der Waals surface area (Å²) in [4.78, 5) is 0. The van der Waals surface area contributed by atoms with E-state index in [1.807, 2.05) is 49.4 Å². The van der Waals surface area contributed by atoms with Gasteiger partial charge in [-0.25, -0.2) is 0 Å². The van der Waals surface area contributed by atoms with Crippen LogP contribution in [-0.4, -0.2) is 11.7 Å². The Balaban J connectivity index is 2.46. The molecule has 0 unspecified atom stereocenters. The summed E-state index contributed by atoms with van der Waals surface area (Å²) in [5, 5.41) is 10.5. The smallest absolute Gasteiger partial charge is 0.126 e. The van der Waals surface area contributed by atoms with Crippen molar-refractivity contribution in [2.45, 2.75) is 33.1 Å². The summed E-state index contributed by atoms with van der Waals surface area (Å²) >= 11 is 0. The van der Waals surface area contributed by atoms with Gasteiger partial charge in [0.15, 0.2) is 0 Å². The van der Waals surface area contributed by atoms with Gasteiger partial charge in [0.05, 0.1) is 6.61 Å². The Morgan fingerprint density at radius 3 is 2.45 bits per heavy atom. The van der Waals surface area contributed by atoms with E-state index in [1.54, 1.807) is 0 Å². The van der Waals surface area contributed by atoms with Gasteiger partial charge in [0.2, 0.25) is 0 Å². The first-order valence-electron chi connectivity index (χ1n) is 7.30. The van der Waals surface area contributed by atoms with Crippen LogP contribution in [0.25, 0.3) is 11.1 Å². The molecule has 20 heavy (non-hydrogen) atoms. The van der Waals surface area contributed by atoms with Crippen LogP contribution in [-0.2, 0) is 6.42 Å². The Kier molecular flexibility index (Phi) is 5.05. The first-order valence-corrected chi connectivity index (χ1v) is 7.30. The van der Waals surface area contributed by atoms with Gasteiger partial charge >= 0.3 is 0 Å². The maximum absolute atomic E-state index is 10.5. The summed E-state index contributed by atoms with van der Waals surface area (Å²) in [6.45, 7) is 4.76. The van der Waals surface area contributed by atoms with Crippen molar-refractivity contribution in [2.24, 2.45) is 0 Å². The van der Waals surface area contributed by atoms with E-state index in [9.17, 15) is 5.11 Å². The quantitative estimate of drug-likeness (QED) is 0.817. The average molecular weight is 270 g/mol. The fourth-order valence-corrected chi connectivity index (χ4v) is 2.31. The van der Waals surface area contributed by atoms with Crippen LogP contribution in [0.2, 0.25) is 0 Å². The molecule has 0 aliphatic carbocycles. The topological polar surface area (TPSA) is 29.5 Å². The van der Waals surface area contributed by atoms with Gasteiger partial charge < -0.3 is 9.84 Å². The molecule has 0 saturated carbocycles. The van der Waals surface area contributed by atoms with E-state index in [1.165, 1.54) is 0 Å². The Morgan fingerprint density at radius 1 is 1.05 bits per heavy atom. The van der Waals surface area contributed by atoms with Crippen molar-refractivity contribution in [2.75, 3.05) is 6.61 Å². The van der Waals surface area contributed by atoms with Crippen LogP contribution in [0.3, 0.4) is 0 Å². The monoisotopic (exact) mass is 270 g/mol. The van der Waals surface area contributed by atoms with Gasteiger partial charge in [0, 0.05) is 5.56 Å². The van der Waals surface area contributed by atoms with E-state index in [0.29, 0.717) is 12.4 Å². The molecule has 2 aromatic carbocycles. The molecule has 1 N–H and O–H groups in total. The van der Waals surface area contributed by atoms with E-state index in [2.05, 4.69) is 6.92 Å². The number of hydrogen-bond acceptors (Lipinski definition) is 2. The van der Waals surface area contributed by atoms with Gasteiger partial charge in [-0.1, -0.05) is 43.7 Å². The minimum atomic E-state index is 0.383. The van der Waals surface area contributed by atoms with Gasteiger partial charge in [-0.05, 0) is 43.0 Å². The third-order valence-corrected chi connectivity index (χ3v) is 3.36. The number of unbranched alkanes of at least 4 members (excludes halogenated alkanes) is 1. The van der Waals surface area contributed by atoms with Crippen LogP contribution in [0.1, 0.15) is 32.3 Å². The summed E-state index contributed by atoms with van der Waals surface area (Å²) in [6, 6.07) is 13.8. The van der Waals surface area contributed by atoms with Crippen LogP contribution in [0, 0.1) is 0 Å². The lowest BCUT2D eigenvalue weighted by Crippen LogP contribution is -1.95. The number of ether oxygens (including phenoxy) is 1. The molecule has 2 nitrogen and oxygen atoms in total. The molecule has 0 radical (unpaired) electrons. The average Bonchev–Trinajstić information content (AvgIpc) is 2.48. The Morgan fingerprint density at radius 2 is 1.80 bits per heavy atom. The Labute approximate surface area is 121 Å². The SMILES string of the molecule is CCCCc1cc(OCC)cc(-c2ccccc2)c1O. The van der Waals surface area contributed by atoms with Crippen LogP contribution in [0.4, 0.5) is 0 Å². The number of phenolic OH excluding ortho intramolecular Hbond substituents is 1. The van der Waals surface area contributed by atoms with Crippen molar-refractivity contribution < 1.29 is 9.84 Å². The number of aromatic hydroxyl groups is 1. The molecule has 2 rings (SSSR count). The molecule has 0 bridgehead atoms. The van der Waals surface area contributed by atoms with Crippen molar-refractivity contribution in [3.05, 3.63) is 48.0 Å². The van der Waals surface area contributed by atoms with Gasteiger partial charge in [-0.3, -0.25) is 0 Å². The molecule has 0 atom stereocenters. The van der Waals surface area contributed by atoms with Gasteiger partial charge in [-0.15, -0.1) is 0 Å². The van der Waals surface area contributed by atoms with Crippen molar-refractivity contribution in [3.8, 4) is 22.6 Å². The third-order valence-electron chi connectivity index (χ3n) is 3.36. The molecule has 0 aliphatic rings. The highest BCUT2D eigenvalue weighted by molar-refractivity contribution is 5.73. The highest BCUT2D eigenvalue weighted by Gasteiger charge is 2.12. The fourth-order valence-electron chi connectivity index (χ4n) is 2.31. The molecule has 0 aliphatic heterocycles. The van der Waals surface area contributed by atoms with Gasteiger partial charge in [0.1, 0.15) is 11.5 Å². The van der Waals surface area contributed by atoms with E-state index < -0.39 is 0 Å². The zero-order chi connectivity index (χ0) is 14.4. The van der Waals surface area contributed by atoms with Crippen LogP contribution in [0.5, 0.6) is 11.5 Å². The molecule has 106 valence electrons. The normalized spacial score (nSPS) is 10.5. The van der Waals surface area contributed by atoms with Gasteiger partial charge in [0.25, 0.3) is 0 Å². The summed E-state index contributed by atoms with van der Waals surface area (Å²) in [6.07, 6.45) is 3.05. The zero-order valence-electron chi connectivity index (χ0n) is 12.2. The highest BCUT2D eigenvalue weighted by Crippen LogP contribution is 2.36. The maximum Gasteiger partial charge on any atom is 0.126 e. The van der Waals surface area contributed by atoms with Crippen molar-refractivity contribution in [3.63, 3.8) is 0 Å². The first kappa shape index (κ1) is 14.4. The van der Waals surface area contributed by atoms with Crippen LogP contribution in [0.15, 0.2) is 42.5 Å². The second-order valence-electron chi connectivity index (χ2n) is 4.88. The number of phenols is 1. The molecule has 0 amide bonds. The number of hydrogen-bond donors (Lipinski definition) is 1. The minimum Gasteiger partial charge on any atom is -0.507 e. The molecule has 0 spiro atoms. The molecule has 0 saturated heterocycles. The van der Waals surface area contributed by atoms with E-state index >= 15 is 0 Å². The predicted molar refractivity (Wildman–Crippen MR) is 83.3 cm³/mol. The molecule has 2 aromatic rings. The molecule has 0 aromatic heterocycles. The minimum absolute atomic E-state index is 0.383. The van der Waals surface area contributed by atoms with E-state index in [4.69, 9.17) is 4.74 Å². The molecule has 2 heteroatoms. The summed E-state index contributed by atoms with van der Waals surface area (Å²) < 4.78 is 5.63. The van der Waals surface area contributed by atoms with Gasteiger partial charge in [-0.2, -0.15) is 0 Å². The zero-order valence-corrected chi connectivity index (χ0v) is 12.2. The Hall–Kier alpha value is -1.96. The van der Waals surface area contributed by atoms with Crippen molar-refractivity contribution in [1.82, 2.24) is 0 Å². The second kappa shape index (κ2) is 6.99. The molecule has 0 heterocycles. The first-order chi connectivity index (χ1) is 9.76. The number of rotatable bonds is 6. The standard InChI is InChI=1S/C18H22O2/c1-3-5-9-15-12-16(20-4-2)13-17(18(15)19)14-10-7-6-8-11-14/h6-8,10-13,19H,3-5,9H2,1-2H3. The third kappa shape index (κ3) is 3.32. The fraction of sp³-hybridized carbons (Fsp3) is 0.333.